The van der Waals surface area contributed by atoms with Gasteiger partial charge in [-0.05, 0) is 53.6 Å². The molecule has 0 unspecified atom stereocenters. The summed E-state index contributed by atoms with van der Waals surface area (Å²) in [6.45, 7) is 0. The van der Waals surface area contributed by atoms with E-state index in [0.717, 1.165) is 39.3 Å². The third kappa shape index (κ3) is 4.08. The molecule has 0 spiro atoms. The van der Waals surface area contributed by atoms with E-state index in [4.69, 9.17) is 4.74 Å². The molecule has 0 fully saturated rings. The van der Waals surface area contributed by atoms with E-state index in [1.165, 1.54) is 0 Å². The minimum atomic E-state index is -3.78. The Kier molecular flexibility index (Phi) is 5.80. The van der Waals surface area contributed by atoms with Crippen LogP contribution in [0.25, 0.3) is 39.3 Å². The van der Waals surface area contributed by atoms with Crippen LogP contribution in [-0.2, 0) is 9.84 Å². The maximum Gasteiger partial charge on any atom is 0.219 e. The molecule has 0 bridgehead atoms. The minimum Gasteiger partial charge on any atom is -0.455 e. The molecule has 0 atom stereocenters. The van der Waals surface area contributed by atoms with Gasteiger partial charge in [0.15, 0.2) is 0 Å². The molecule has 0 radical (unpaired) electrons. The first-order chi connectivity index (χ1) is 19.6. The Morgan fingerprint density at radius 2 is 0.950 bits per heavy atom. The highest BCUT2D eigenvalue weighted by Crippen LogP contribution is 2.43. The molecule has 40 heavy (non-hydrogen) atoms. The summed E-state index contributed by atoms with van der Waals surface area (Å²) < 4.78 is 35.6. The number of para-hydroxylation sites is 1. The zero-order chi connectivity index (χ0) is 27.1. The highest BCUT2D eigenvalue weighted by molar-refractivity contribution is 7.91. The van der Waals surface area contributed by atoms with Crippen LogP contribution in [0.2, 0.25) is 0 Å². The lowest BCUT2D eigenvalue weighted by Crippen LogP contribution is -2.36. The second kappa shape index (κ2) is 9.63. The number of benzene rings is 5. The van der Waals surface area contributed by atoms with Gasteiger partial charge in [0.2, 0.25) is 26.9 Å². The van der Waals surface area contributed by atoms with Crippen molar-refractivity contribution in [2.45, 2.75) is 9.79 Å². The first kappa shape index (κ1) is 24.1. The second-order valence-electron chi connectivity index (χ2n) is 9.63. The summed E-state index contributed by atoms with van der Waals surface area (Å²) in [5, 5.41) is 0. The fourth-order valence-electron chi connectivity index (χ4n) is 5.24. The lowest BCUT2D eigenvalue weighted by molar-refractivity contribution is -0.572. The van der Waals surface area contributed by atoms with Crippen LogP contribution in [0.5, 0.6) is 11.5 Å². The zero-order valence-corrected chi connectivity index (χ0v) is 22.3. The van der Waals surface area contributed by atoms with Gasteiger partial charge in [0.1, 0.15) is 21.3 Å². The van der Waals surface area contributed by atoms with Gasteiger partial charge in [-0.2, -0.15) is 4.57 Å². The van der Waals surface area contributed by atoms with E-state index in [1.54, 1.807) is 36.4 Å². The van der Waals surface area contributed by atoms with Crippen molar-refractivity contribution in [2.24, 2.45) is 0 Å². The van der Waals surface area contributed by atoms with Gasteiger partial charge in [-0.25, -0.2) is 8.42 Å². The van der Waals surface area contributed by atoms with Crippen LogP contribution in [0.15, 0.2) is 155 Å². The third-order valence-corrected chi connectivity index (χ3v) is 8.96. The summed E-state index contributed by atoms with van der Waals surface area (Å²) >= 11 is 0. The van der Waals surface area contributed by atoms with E-state index in [-0.39, 0.29) is 9.79 Å². The molecule has 192 valence electrons. The quantitative estimate of drug-likeness (QED) is 0.214. The molecule has 7 rings (SSSR count). The second-order valence-corrected chi connectivity index (χ2v) is 11.5. The van der Waals surface area contributed by atoms with Crippen LogP contribution < -0.4 is 9.30 Å². The lowest BCUT2D eigenvalue weighted by Gasteiger charge is -2.20. The molecule has 5 aromatic carbocycles. The first-order valence-electron chi connectivity index (χ1n) is 13.0. The number of pyridine rings is 1. The number of nitrogens with zero attached hydrogens (tertiary/aromatic N) is 1. The van der Waals surface area contributed by atoms with Gasteiger partial charge < -0.3 is 4.74 Å². The number of rotatable bonds is 4. The van der Waals surface area contributed by atoms with Crippen LogP contribution in [0.4, 0.5) is 0 Å². The maximum atomic E-state index is 13.7. The Morgan fingerprint density at radius 3 is 1.55 bits per heavy atom. The number of sulfone groups is 1. The normalized spacial score (nSPS) is 13.1. The average Bonchev–Trinajstić information content (AvgIpc) is 3.02. The van der Waals surface area contributed by atoms with Gasteiger partial charge in [-0.15, -0.1) is 0 Å². The smallest absolute Gasteiger partial charge is 0.219 e. The van der Waals surface area contributed by atoms with E-state index >= 15 is 0 Å². The molecule has 6 aromatic rings. The van der Waals surface area contributed by atoms with Gasteiger partial charge in [0.25, 0.3) is 0 Å². The summed E-state index contributed by atoms with van der Waals surface area (Å²) in [7, 11) is -3.78. The first-order valence-corrected chi connectivity index (χ1v) is 14.5. The Bertz CT molecular complexity index is 1910. The number of hydrogen-bond donors (Lipinski definition) is 0. The molecule has 0 saturated heterocycles. The standard InChI is InChI=1S/C35H24NO3S/c37-40(38)34-19-11-10-18-32(34)39-33-21-20-29(24-35(33)40)36-30(26-14-6-2-7-15-26)22-28(25-12-4-1-5-13-25)23-31(36)27-16-8-3-9-17-27/h1-24H/q+1. The predicted octanol–water partition coefficient (Wildman–Crippen LogP) is 7.90. The van der Waals surface area contributed by atoms with Crippen molar-refractivity contribution >= 4 is 9.84 Å². The third-order valence-electron chi connectivity index (χ3n) is 7.15. The van der Waals surface area contributed by atoms with E-state index in [1.807, 2.05) is 60.7 Å². The average molecular weight is 539 g/mol. The van der Waals surface area contributed by atoms with Gasteiger partial charge in [-0.3, -0.25) is 0 Å². The zero-order valence-electron chi connectivity index (χ0n) is 21.4. The van der Waals surface area contributed by atoms with Crippen molar-refractivity contribution in [2.75, 3.05) is 0 Å². The summed E-state index contributed by atoms with van der Waals surface area (Å²) in [5.74, 6) is 0.670. The van der Waals surface area contributed by atoms with E-state index in [9.17, 15) is 8.42 Å². The molecule has 4 nitrogen and oxygen atoms in total. The lowest BCUT2D eigenvalue weighted by atomic mass is 9.98. The Balaban J connectivity index is 1.53. The van der Waals surface area contributed by atoms with Crippen molar-refractivity contribution in [1.29, 1.82) is 0 Å². The van der Waals surface area contributed by atoms with Crippen molar-refractivity contribution < 1.29 is 17.7 Å². The highest BCUT2D eigenvalue weighted by atomic mass is 32.2. The SMILES string of the molecule is O=S1(=O)c2ccccc2Oc2ccc(-[n+]3c(-c4ccccc4)cc(-c4ccccc4)cc3-c3ccccc3)cc21. The molecule has 1 aliphatic rings. The van der Waals surface area contributed by atoms with E-state index < -0.39 is 9.84 Å². The highest BCUT2D eigenvalue weighted by Gasteiger charge is 2.34. The summed E-state index contributed by atoms with van der Waals surface area (Å²) in [4.78, 5) is 0.331. The maximum absolute atomic E-state index is 13.7. The van der Waals surface area contributed by atoms with Crippen LogP contribution >= 0.6 is 0 Å². The summed E-state index contributed by atoms with van der Waals surface area (Å²) in [5.41, 5.74) is 6.80. The molecule has 0 aliphatic carbocycles. The Labute approximate surface area is 233 Å². The number of aromatic nitrogens is 1. The summed E-state index contributed by atoms with van der Waals surface area (Å²) in [6, 6.07) is 47.1. The molecular weight excluding hydrogens is 514 g/mol. The number of hydrogen-bond acceptors (Lipinski definition) is 3. The van der Waals surface area contributed by atoms with E-state index in [2.05, 4.69) is 53.1 Å². The fourth-order valence-corrected chi connectivity index (χ4v) is 6.76. The molecule has 0 amide bonds. The van der Waals surface area contributed by atoms with Crippen molar-refractivity contribution in [1.82, 2.24) is 0 Å². The molecular formula is C35H24NO3S+. The van der Waals surface area contributed by atoms with Crippen LogP contribution in [0.1, 0.15) is 0 Å². The Morgan fingerprint density at radius 1 is 0.450 bits per heavy atom. The van der Waals surface area contributed by atoms with Gasteiger partial charge in [0.05, 0.1) is 0 Å². The monoisotopic (exact) mass is 538 g/mol. The molecule has 1 aromatic heterocycles. The molecule has 2 heterocycles. The van der Waals surface area contributed by atoms with Crippen molar-refractivity contribution in [3.8, 4) is 50.8 Å². The molecule has 5 heteroatoms. The van der Waals surface area contributed by atoms with Gasteiger partial charge in [0, 0.05) is 35.4 Å². The number of fused-ring (bicyclic) bond motifs is 2. The van der Waals surface area contributed by atoms with Crippen LogP contribution in [-0.4, -0.2) is 8.42 Å². The summed E-state index contributed by atoms with van der Waals surface area (Å²) in [6.07, 6.45) is 0. The molecule has 0 N–H and O–H groups in total. The van der Waals surface area contributed by atoms with Gasteiger partial charge >= 0.3 is 0 Å². The van der Waals surface area contributed by atoms with Crippen LogP contribution in [0, 0.1) is 0 Å². The number of ether oxygens (including phenoxy) is 1. The minimum absolute atomic E-state index is 0.154. The molecule has 1 aliphatic heterocycles. The topological polar surface area (TPSA) is 47.3 Å². The van der Waals surface area contributed by atoms with Crippen LogP contribution in [0.3, 0.4) is 0 Å². The van der Waals surface area contributed by atoms with Crippen molar-refractivity contribution in [3.63, 3.8) is 0 Å². The largest absolute Gasteiger partial charge is 0.455 e. The van der Waals surface area contributed by atoms with Crippen molar-refractivity contribution in [3.05, 3.63) is 146 Å². The Hall–Kier alpha value is -5.00. The van der Waals surface area contributed by atoms with Gasteiger partial charge in [-0.1, -0.05) is 78.9 Å². The fraction of sp³-hybridized carbons (Fsp3) is 0. The molecule has 0 saturated carbocycles. The van der Waals surface area contributed by atoms with E-state index in [0.29, 0.717) is 11.5 Å². The predicted molar refractivity (Wildman–Crippen MR) is 156 cm³/mol.